The van der Waals surface area contributed by atoms with Crippen LogP contribution in [0.1, 0.15) is 17.0 Å². The van der Waals surface area contributed by atoms with Crippen LogP contribution in [0.25, 0.3) is 11.1 Å². The van der Waals surface area contributed by atoms with E-state index in [0.717, 1.165) is 22.3 Å². The van der Waals surface area contributed by atoms with Crippen molar-refractivity contribution in [2.45, 2.75) is 5.92 Å². The van der Waals surface area contributed by atoms with Crippen LogP contribution >= 0.6 is 0 Å². The molecule has 112 valence electrons. The molecule has 1 N–H and O–H groups in total. The molecule has 3 aromatic rings. The van der Waals surface area contributed by atoms with Crippen LogP contribution in [0.15, 0.2) is 65.6 Å². The van der Waals surface area contributed by atoms with Crippen LogP contribution in [0.5, 0.6) is 5.88 Å². The van der Waals surface area contributed by atoms with Gasteiger partial charge in [-0.1, -0.05) is 30.3 Å². The van der Waals surface area contributed by atoms with E-state index >= 15 is 0 Å². The van der Waals surface area contributed by atoms with E-state index in [-0.39, 0.29) is 12.5 Å². The molecule has 2 aromatic heterocycles. The summed E-state index contributed by atoms with van der Waals surface area (Å²) >= 11 is 0. The Morgan fingerprint density at radius 2 is 2.00 bits per heavy atom. The van der Waals surface area contributed by atoms with Gasteiger partial charge in [0.05, 0.1) is 26.2 Å². The van der Waals surface area contributed by atoms with Gasteiger partial charge >= 0.3 is 0 Å². The zero-order valence-electron chi connectivity index (χ0n) is 12.3. The Bertz CT molecular complexity index is 723. The molecular formula is C18H17NO3. The number of hydrogen-bond donors (Lipinski definition) is 1. The van der Waals surface area contributed by atoms with Crippen molar-refractivity contribution in [3.63, 3.8) is 0 Å². The second-order valence-electron chi connectivity index (χ2n) is 4.98. The number of aliphatic hydroxyl groups is 1. The number of nitrogens with zero attached hydrogens (tertiary/aromatic N) is 1. The molecule has 0 spiro atoms. The van der Waals surface area contributed by atoms with Gasteiger partial charge in [0.1, 0.15) is 0 Å². The summed E-state index contributed by atoms with van der Waals surface area (Å²) in [6.07, 6.45) is 5.04. The molecule has 0 saturated carbocycles. The van der Waals surface area contributed by atoms with Crippen molar-refractivity contribution < 1.29 is 14.3 Å². The Morgan fingerprint density at radius 1 is 1.18 bits per heavy atom. The number of methoxy groups -OCH3 is 1. The number of rotatable bonds is 5. The predicted molar refractivity (Wildman–Crippen MR) is 83.9 cm³/mol. The Hall–Kier alpha value is -2.59. The lowest BCUT2D eigenvalue weighted by Gasteiger charge is -2.18. The highest BCUT2D eigenvalue weighted by molar-refractivity contribution is 5.63. The Morgan fingerprint density at radius 3 is 2.64 bits per heavy atom. The Labute approximate surface area is 129 Å². The molecule has 0 saturated heterocycles. The molecule has 0 bridgehead atoms. The van der Waals surface area contributed by atoms with Crippen LogP contribution in [-0.2, 0) is 0 Å². The molecule has 0 aliphatic heterocycles. The van der Waals surface area contributed by atoms with Crippen LogP contribution in [0.3, 0.4) is 0 Å². The quantitative estimate of drug-likeness (QED) is 0.783. The average Bonchev–Trinajstić information content (AvgIpc) is 3.11. The molecule has 1 atom stereocenters. The van der Waals surface area contributed by atoms with Crippen molar-refractivity contribution in [2.75, 3.05) is 13.7 Å². The van der Waals surface area contributed by atoms with E-state index in [2.05, 4.69) is 4.98 Å². The minimum Gasteiger partial charge on any atom is -0.481 e. The fourth-order valence-electron chi connectivity index (χ4n) is 2.54. The summed E-state index contributed by atoms with van der Waals surface area (Å²) in [4.78, 5) is 4.37. The molecule has 4 nitrogen and oxygen atoms in total. The minimum absolute atomic E-state index is 0.0170. The second kappa shape index (κ2) is 6.45. The Balaban J connectivity index is 2.09. The summed E-state index contributed by atoms with van der Waals surface area (Å²) in [6.45, 7) is -0.0170. The van der Waals surface area contributed by atoms with Crippen molar-refractivity contribution >= 4 is 0 Å². The lowest BCUT2D eigenvalue weighted by atomic mass is 9.91. The summed E-state index contributed by atoms with van der Waals surface area (Å²) in [6, 6.07) is 13.7. The van der Waals surface area contributed by atoms with Gasteiger partial charge in [-0.2, -0.15) is 0 Å². The first kappa shape index (κ1) is 14.4. The molecule has 22 heavy (non-hydrogen) atoms. The highest BCUT2D eigenvalue weighted by atomic mass is 16.5. The average molecular weight is 295 g/mol. The normalized spacial score (nSPS) is 12.1. The number of aromatic nitrogens is 1. The van der Waals surface area contributed by atoms with Crippen LogP contribution in [0.2, 0.25) is 0 Å². The van der Waals surface area contributed by atoms with E-state index in [0.29, 0.717) is 5.88 Å². The van der Waals surface area contributed by atoms with Gasteiger partial charge in [0.15, 0.2) is 0 Å². The molecule has 3 rings (SSSR count). The van der Waals surface area contributed by atoms with Gasteiger partial charge in [-0.3, -0.25) is 0 Å². The monoisotopic (exact) mass is 295 g/mol. The SMILES string of the molecule is COc1ncc(-c2ccoc2)cc1C(CO)c1ccccc1. The molecule has 1 aromatic carbocycles. The zero-order chi connectivity index (χ0) is 15.4. The van der Waals surface area contributed by atoms with E-state index in [1.165, 1.54) is 0 Å². The van der Waals surface area contributed by atoms with Crippen molar-refractivity contribution in [1.29, 1.82) is 0 Å². The van der Waals surface area contributed by atoms with E-state index in [1.807, 2.05) is 42.5 Å². The number of benzene rings is 1. The van der Waals surface area contributed by atoms with Crippen LogP contribution in [0.4, 0.5) is 0 Å². The van der Waals surface area contributed by atoms with Crippen molar-refractivity contribution in [2.24, 2.45) is 0 Å². The van der Waals surface area contributed by atoms with E-state index < -0.39 is 0 Å². The third-order valence-electron chi connectivity index (χ3n) is 3.69. The molecule has 2 heterocycles. The van der Waals surface area contributed by atoms with E-state index in [4.69, 9.17) is 9.15 Å². The highest BCUT2D eigenvalue weighted by Gasteiger charge is 2.19. The van der Waals surface area contributed by atoms with Crippen LogP contribution in [-0.4, -0.2) is 23.8 Å². The number of pyridine rings is 1. The van der Waals surface area contributed by atoms with Gasteiger partial charge in [0, 0.05) is 28.8 Å². The molecule has 1 unspecified atom stereocenters. The number of furan rings is 1. The molecule has 4 heteroatoms. The molecule has 0 amide bonds. The maximum Gasteiger partial charge on any atom is 0.216 e. The molecule has 0 aliphatic carbocycles. The molecular weight excluding hydrogens is 278 g/mol. The first-order valence-electron chi connectivity index (χ1n) is 7.05. The first-order chi connectivity index (χ1) is 10.8. The molecule has 0 fully saturated rings. The third kappa shape index (κ3) is 2.73. The summed E-state index contributed by atoms with van der Waals surface area (Å²) < 4.78 is 10.5. The fraction of sp³-hybridized carbons (Fsp3) is 0.167. The second-order valence-corrected chi connectivity index (χ2v) is 4.98. The topological polar surface area (TPSA) is 55.5 Å². The number of aliphatic hydroxyl groups excluding tert-OH is 1. The van der Waals surface area contributed by atoms with Gasteiger partial charge in [0.25, 0.3) is 0 Å². The maximum atomic E-state index is 9.87. The van der Waals surface area contributed by atoms with E-state index in [1.54, 1.807) is 25.8 Å². The fourth-order valence-corrected chi connectivity index (χ4v) is 2.54. The van der Waals surface area contributed by atoms with Crippen LogP contribution in [0, 0.1) is 0 Å². The van der Waals surface area contributed by atoms with Gasteiger partial charge in [0.2, 0.25) is 5.88 Å². The first-order valence-corrected chi connectivity index (χ1v) is 7.05. The highest BCUT2D eigenvalue weighted by Crippen LogP contribution is 2.33. The summed E-state index contributed by atoms with van der Waals surface area (Å²) in [5.41, 5.74) is 3.75. The lowest BCUT2D eigenvalue weighted by molar-refractivity contribution is 0.276. The zero-order valence-corrected chi connectivity index (χ0v) is 12.3. The summed E-state index contributed by atoms with van der Waals surface area (Å²) in [7, 11) is 1.59. The molecule has 0 aliphatic rings. The lowest BCUT2D eigenvalue weighted by Crippen LogP contribution is -2.09. The van der Waals surface area contributed by atoms with Crippen LogP contribution < -0.4 is 4.74 Å². The summed E-state index contributed by atoms with van der Waals surface area (Å²) in [5, 5.41) is 9.87. The van der Waals surface area contributed by atoms with Gasteiger partial charge in [-0.25, -0.2) is 4.98 Å². The van der Waals surface area contributed by atoms with Gasteiger partial charge in [-0.05, 0) is 17.7 Å². The Kier molecular flexibility index (Phi) is 4.21. The van der Waals surface area contributed by atoms with E-state index in [9.17, 15) is 5.11 Å². The maximum absolute atomic E-state index is 9.87. The third-order valence-corrected chi connectivity index (χ3v) is 3.69. The predicted octanol–water partition coefficient (Wildman–Crippen LogP) is 3.47. The smallest absolute Gasteiger partial charge is 0.216 e. The van der Waals surface area contributed by atoms with Crippen molar-refractivity contribution in [3.8, 4) is 17.0 Å². The summed E-state index contributed by atoms with van der Waals surface area (Å²) in [5.74, 6) is 0.339. The number of ether oxygens (including phenoxy) is 1. The standard InChI is InChI=1S/C18H17NO3/c1-21-18-16(17(11-20)13-5-3-2-4-6-13)9-15(10-19-18)14-7-8-22-12-14/h2-10,12,17,20H,11H2,1H3. The van der Waals surface area contributed by atoms with Gasteiger partial charge < -0.3 is 14.3 Å². The minimum atomic E-state index is -0.185. The van der Waals surface area contributed by atoms with Gasteiger partial charge in [-0.15, -0.1) is 0 Å². The van der Waals surface area contributed by atoms with Crippen molar-refractivity contribution in [1.82, 2.24) is 4.98 Å². The molecule has 0 radical (unpaired) electrons. The largest absolute Gasteiger partial charge is 0.481 e. The number of hydrogen-bond acceptors (Lipinski definition) is 4. The van der Waals surface area contributed by atoms with Crippen molar-refractivity contribution in [3.05, 3.63) is 72.3 Å².